The predicted octanol–water partition coefficient (Wildman–Crippen LogP) is 2.14. The minimum absolute atomic E-state index is 0.136. The second-order valence-electron chi connectivity index (χ2n) is 5.83. The van der Waals surface area contributed by atoms with Gasteiger partial charge in [0.1, 0.15) is 6.04 Å². The van der Waals surface area contributed by atoms with Crippen LogP contribution in [0.3, 0.4) is 0 Å². The fourth-order valence-corrected chi connectivity index (χ4v) is 2.48. The van der Waals surface area contributed by atoms with Crippen LogP contribution in [0.2, 0.25) is 10.0 Å². The van der Waals surface area contributed by atoms with Crippen LogP contribution in [0, 0.1) is 5.92 Å². The van der Waals surface area contributed by atoms with Crippen molar-refractivity contribution < 1.29 is 23.9 Å². The largest absolute Gasteiger partial charge is 0.454 e. The van der Waals surface area contributed by atoms with Gasteiger partial charge < -0.3 is 15.4 Å². The van der Waals surface area contributed by atoms with Crippen molar-refractivity contribution in [3.8, 4) is 0 Å². The number of esters is 1. The molecule has 0 aliphatic carbocycles. The molecule has 4 amide bonds. The van der Waals surface area contributed by atoms with Gasteiger partial charge in [-0.2, -0.15) is 0 Å². The number of imide groups is 1. The van der Waals surface area contributed by atoms with Crippen molar-refractivity contribution in [2.45, 2.75) is 26.8 Å². The Labute approximate surface area is 166 Å². The molecule has 148 valence electrons. The van der Waals surface area contributed by atoms with Crippen LogP contribution in [0.5, 0.6) is 0 Å². The summed E-state index contributed by atoms with van der Waals surface area (Å²) in [6.45, 7) is 4.77. The summed E-state index contributed by atoms with van der Waals surface area (Å²) in [5.41, 5.74) is 0.147. The smallest absolute Gasteiger partial charge is 0.329 e. The monoisotopic (exact) mass is 417 g/mol. The van der Waals surface area contributed by atoms with Crippen molar-refractivity contribution in [3.63, 3.8) is 0 Å². The number of hydrogen-bond donors (Lipinski definition) is 3. The van der Waals surface area contributed by atoms with E-state index < -0.39 is 36.5 Å². The normalized spacial score (nSPS) is 11.5. The lowest BCUT2D eigenvalue weighted by Gasteiger charge is -2.21. The maximum Gasteiger partial charge on any atom is 0.329 e. The summed E-state index contributed by atoms with van der Waals surface area (Å²) in [5, 5.41) is 7.40. The summed E-state index contributed by atoms with van der Waals surface area (Å²) in [4.78, 5) is 47.4. The number of benzene rings is 1. The lowest BCUT2D eigenvalue weighted by Crippen LogP contribution is -2.47. The van der Waals surface area contributed by atoms with Crippen molar-refractivity contribution in [3.05, 3.63) is 33.8 Å². The summed E-state index contributed by atoms with van der Waals surface area (Å²) < 4.78 is 4.89. The average Bonchev–Trinajstić information content (AvgIpc) is 2.57. The highest BCUT2D eigenvalue weighted by molar-refractivity contribution is 6.36. The standard InChI is InChI=1S/C17H21Cl2N3O5/c1-4-20-17(26)21-13(23)8-27-16(25)14(9(2)3)22-15(24)11-6-5-10(18)7-12(11)19/h5-7,9,14H,4,8H2,1-3H3,(H,22,24)(H2,20,21,23,26)/t14-/m0/s1. The Balaban J connectivity index is 2.69. The number of hydrogen-bond acceptors (Lipinski definition) is 5. The Hall–Kier alpha value is -2.32. The topological polar surface area (TPSA) is 114 Å². The highest BCUT2D eigenvalue weighted by Gasteiger charge is 2.27. The first-order valence-corrected chi connectivity index (χ1v) is 8.91. The van der Waals surface area contributed by atoms with Gasteiger partial charge in [-0.15, -0.1) is 0 Å². The van der Waals surface area contributed by atoms with Gasteiger partial charge in [0.2, 0.25) is 0 Å². The second-order valence-corrected chi connectivity index (χ2v) is 6.68. The first-order valence-electron chi connectivity index (χ1n) is 8.15. The number of urea groups is 1. The summed E-state index contributed by atoms with van der Waals surface area (Å²) in [6.07, 6.45) is 0. The molecule has 0 saturated carbocycles. The van der Waals surface area contributed by atoms with Crippen molar-refractivity contribution in [2.75, 3.05) is 13.2 Å². The molecule has 0 heterocycles. The van der Waals surface area contributed by atoms with Gasteiger partial charge in [0.25, 0.3) is 11.8 Å². The molecule has 0 radical (unpaired) electrons. The molecular formula is C17H21Cl2N3O5. The molecular weight excluding hydrogens is 397 g/mol. The van der Waals surface area contributed by atoms with Gasteiger partial charge in [-0.25, -0.2) is 9.59 Å². The lowest BCUT2D eigenvalue weighted by molar-refractivity contribution is -0.151. The van der Waals surface area contributed by atoms with E-state index in [1.54, 1.807) is 20.8 Å². The second kappa shape index (κ2) is 10.7. The molecule has 1 aromatic rings. The van der Waals surface area contributed by atoms with Crippen LogP contribution >= 0.6 is 23.2 Å². The molecule has 0 aliphatic heterocycles. The predicted molar refractivity (Wildman–Crippen MR) is 101 cm³/mol. The van der Waals surface area contributed by atoms with E-state index in [4.69, 9.17) is 27.9 Å². The van der Waals surface area contributed by atoms with Crippen LogP contribution in [0.25, 0.3) is 0 Å². The minimum atomic E-state index is -1.01. The number of halogens is 2. The molecule has 10 heteroatoms. The average molecular weight is 418 g/mol. The Morgan fingerprint density at radius 1 is 1.15 bits per heavy atom. The number of nitrogens with one attached hydrogen (secondary N) is 3. The van der Waals surface area contributed by atoms with E-state index in [2.05, 4.69) is 10.6 Å². The number of amides is 4. The van der Waals surface area contributed by atoms with Crippen LogP contribution in [0.15, 0.2) is 18.2 Å². The van der Waals surface area contributed by atoms with E-state index in [1.807, 2.05) is 5.32 Å². The van der Waals surface area contributed by atoms with E-state index in [-0.39, 0.29) is 16.5 Å². The van der Waals surface area contributed by atoms with Gasteiger partial charge in [0.05, 0.1) is 10.6 Å². The molecule has 0 spiro atoms. The minimum Gasteiger partial charge on any atom is -0.454 e. The molecule has 0 saturated heterocycles. The van der Waals surface area contributed by atoms with E-state index >= 15 is 0 Å². The van der Waals surface area contributed by atoms with E-state index in [0.29, 0.717) is 11.6 Å². The van der Waals surface area contributed by atoms with Crippen LogP contribution in [0.4, 0.5) is 4.79 Å². The molecule has 0 unspecified atom stereocenters. The van der Waals surface area contributed by atoms with Crippen molar-refractivity contribution in [1.82, 2.24) is 16.0 Å². The Kier molecular flexibility index (Phi) is 9.04. The van der Waals surface area contributed by atoms with Crippen molar-refractivity contribution in [1.29, 1.82) is 0 Å². The molecule has 8 nitrogen and oxygen atoms in total. The summed E-state index contributed by atoms with van der Waals surface area (Å²) >= 11 is 11.8. The number of carbonyl (C=O) groups is 4. The molecule has 0 fully saturated rings. The molecule has 1 rings (SSSR count). The summed E-state index contributed by atoms with van der Waals surface area (Å²) in [6, 6.07) is 2.64. The fourth-order valence-electron chi connectivity index (χ4n) is 1.98. The van der Waals surface area contributed by atoms with Gasteiger partial charge >= 0.3 is 12.0 Å². The SMILES string of the molecule is CCNC(=O)NC(=O)COC(=O)[C@@H](NC(=O)c1ccc(Cl)cc1Cl)C(C)C. The van der Waals surface area contributed by atoms with Gasteiger partial charge in [0.15, 0.2) is 6.61 Å². The molecule has 27 heavy (non-hydrogen) atoms. The van der Waals surface area contributed by atoms with Crippen molar-refractivity contribution >= 4 is 47.0 Å². The Morgan fingerprint density at radius 3 is 2.37 bits per heavy atom. The summed E-state index contributed by atoms with van der Waals surface area (Å²) in [5.74, 6) is -2.50. The van der Waals surface area contributed by atoms with Gasteiger partial charge in [-0.05, 0) is 31.0 Å². The molecule has 3 N–H and O–H groups in total. The maximum absolute atomic E-state index is 12.4. The van der Waals surface area contributed by atoms with Gasteiger partial charge in [-0.1, -0.05) is 37.0 Å². The quantitative estimate of drug-likeness (QED) is 0.588. The highest BCUT2D eigenvalue weighted by Crippen LogP contribution is 2.21. The third-order valence-corrected chi connectivity index (χ3v) is 3.87. The van der Waals surface area contributed by atoms with Crippen LogP contribution < -0.4 is 16.0 Å². The molecule has 0 bridgehead atoms. The molecule has 0 aliphatic rings. The Morgan fingerprint density at radius 2 is 1.81 bits per heavy atom. The van der Waals surface area contributed by atoms with Crippen LogP contribution in [0.1, 0.15) is 31.1 Å². The molecule has 1 atom stereocenters. The number of rotatable bonds is 7. The van der Waals surface area contributed by atoms with E-state index in [1.165, 1.54) is 18.2 Å². The van der Waals surface area contributed by atoms with Gasteiger partial charge in [0, 0.05) is 11.6 Å². The molecule has 0 aromatic heterocycles. The van der Waals surface area contributed by atoms with Crippen LogP contribution in [-0.4, -0.2) is 43.0 Å². The number of carbonyl (C=O) groups excluding carboxylic acids is 4. The zero-order chi connectivity index (χ0) is 20.6. The first kappa shape index (κ1) is 22.7. The van der Waals surface area contributed by atoms with Gasteiger partial charge in [-0.3, -0.25) is 14.9 Å². The first-order chi connectivity index (χ1) is 12.6. The summed E-state index contributed by atoms with van der Waals surface area (Å²) in [7, 11) is 0. The zero-order valence-corrected chi connectivity index (χ0v) is 16.6. The third kappa shape index (κ3) is 7.44. The third-order valence-electron chi connectivity index (χ3n) is 3.32. The lowest BCUT2D eigenvalue weighted by atomic mass is 10.0. The van der Waals surface area contributed by atoms with E-state index in [9.17, 15) is 19.2 Å². The van der Waals surface area contributed by atoms with Crippen LogP contribution in [-0.2, 0) is 14.3 Å². The zero-order valence-electron chi connectivity index (χ0n) is 15.1. The Bertz CT molecular complexity index is 725. The fraction of sp³-hybridized carbons (Fsp3) is 0.412. The highest BCUT2D eigenvalue weighted by atomic mass is 35.5. The molecule has 1 aromatic carbocycles. The van der Waals surface area contributed by atoms with E-state index in [0.717, 1.165) is 0 Å². The maximum atomic E-state index is 12.4. The van der Waals surface area contributed by atoms with Crippen molar-refractivity contribution in [2.24, 2.45) is 5.92 Å². The number of ether oxygens (including phenoxy) is 1.